The number of carbonyl (C=O) groups excluding carboxylic acids is 4. The van der Waals surface area contributed by atoms with Crippen LogP contribution < -0.4 is 10.6 Å². The van der Waals surface area contributed by atoms with E-state index in [0.717, 1.165) is 18.4 Å². The van der Waals surface area contributed by atoms with Crippen molar-refractivity contribution >= 4 is 35.4 Å². The zero-order chi connectivity index (χ0) is 34.0. The van der Waals surface area contributed by atoms with Gasteiger partial charge in [0.2, 0.25) is 5.91 Å². The van der Waals surface area contributed by atoms with Crippen molar-refractivity contribution in [2.75, 3.05) is 6.54 Å². The fourth-order valence-electron chi connectivity index (χ4n) is 4.49. The second-order valence-corrected chi connectivity index (χ2v) is 13.2. The predicted molar refractivity (Wildman–Crippen MR) is 182 cm³/mol. The lowest BCUT2D eigenvalue weighted by atomic mass is 9.83. The van der Waals surface area contributed by atoms with Crippen LogP contribution in [0.25, 0.3) is 0 Å². The van der Waals surface area contributed by atoms with Gasteiger partial charge in [-0.1, -0.05) is 107 Å². The fraction of sp³-hybridized carbons (Fsp3) is 0.556. The van der Waals surface area contributed by atoms with Crippen LogP contribution in [0.3, 0.4) is 0 Å². The molecule has 8 nitrogen and oxygen atoms in total. The van der Waals surface area contributed by atoms with Gasteiger partial charge in [-0.25, -0.2) is 9.59 Å². The number of alkyl carbamates (subject to hydrolysis) is 1. The Bertz CT molecular complexity index is 1180. The molecule has 0 bridgehead atoms. The van der Waals surface area contributed by atoms with Crippen LogP contribution in [-0.4, -0.2) is 48.5 Å². The number of halogens is 1. The van der Waals surface area contributed by atoms with Crippen LogP contribution in [-0.2, 0) is 23.9 Å². The van der Waals surface area contributed by atoms with E-state index in [4.69, 9.17) is 21.1 Å². The van der Waals surface area contributed by atoms with Crippen molar-refractivity contribution < 1.29 is 28.7 Å². The summed E-state index contributed by atoms with van der Waals surface area (Å²) >= 11 is 5.97. The summed E-state index contributed by atoms with van der Waals surface area (Å²) in [5, 5.41) is 6.20. The highest BCUT2D eigenvalue weighted by molar-refractivity contribution is 6.29. The number of carbonyl (C=O) groups is 4. The first-order valence-electron chi connectivity index (χ1n) is 15.8. The van der Waals surface area contributed by atoms with Crippen molar-refractivity contribution in [3.63, 3.8) is 0 Å². The van der Waals surface area contributed by atoms with Crippen LogP contribution in [0, 0.1) is 11.3 Å². The number of hydrogen-bond acceptors (Lipinski definition) is 6. The summed E-state index contributed by atoms with van der Waals surface area (Å²) < 4.78 is 11.0. The fourth-order valence-corrected chi connectivity index (χ4v) is 4.58. The number of cyclic esters (lactones) is 1. The first-order chi connectivity index (χ1) is 21.1. The predicted octanol–water partition coefficient (Wildman–Crippen LogP) is 7.81. The van der Waals surface area contributed by atoms with Crippen molar-refractivity contribution in [2.45, 2.75) is 112 Å². The van der Waals surface area contributed by atoms with Crippen molar-refractivity contribution in [1.82, 2.24) is 10.6 Å². The number of amides is 2. The molecule has 4 atom stereocenters. The van der Waals surface area contributed by atoms with Gasteiger partial charge < -0.3 is 20.1 Å². The lowest BCUT2D eigenvalue weighted by Crippen LogP contribution is -2.48. The van der Waals surface area contributed by atoms with Crippen LogP contribution in [0.2, 0.25) is 0 Å². The Morgan fingerprint density at radius 2 is 1.82 bits per heavy atom. The highest BCUT2D eigenvalue weighted by Gasteiger charge is 2.31. The van der Waals surface area contributed by atoms with E-state index in [1.165, 1.54) is 6.08 Å². The van der Waals surface area contributed by atoms with Crippen LogP contribution in [0.1, 0.15) is 93.9 Å². The molecule has 1 heterocycles. The third kappa shape index (κ3) is 17.0. The number of rotatable bonds is 17. The molecule has 45 heavy (non-hydrogen) atoms. The maximum atomic E-state index is 13.1. The molecule has 0 aliphatic carbocycles. The Kier molecular flexibility index (Phi) is 18.1. The zero-order valence-electron chi connectivity index (χ0n) is 28.3. The van der Waals surface area contributed by atoms with Crippen molar-refractivity contribution in [3.05, 3.63) is 70.9 Å². The lowest BCUT2D eigenvalue weighted by molar-refractivity contribution is -0.147. The van der Waals surface area contributed by atoms with Gasteiger partial charge >= 0.3 is 12.1 Å². The molecule has 0 aromatic heterocycles. The standard InChI is InChI=1S/C36H53ClN2O6/c1-9-10-23-38-35(43)44-29(21-20-28(5)37)16-12-13-17-30(40)33(36(6,7)8)39-32(41)18-14-11-15-25(2)24-27(4)31-22-19-26(3)34(42)45-31/h11-15,18-20,24,27,29,31,33H,9-10,16-17,21-23H2,1-8H3,(H,38,43)(H,39,41)/b13-12-,15-11-,18-14-,25-24+,28-20+/t27-,29+,31-,33+/m0/s1. The highest BCUT2D eigenvalue weighted by Crippen LogP contribution is 2.23. The minimum absolute atomic E-state index is 0.0444. The molecule has 0 unspecified atom stereocenters. The van der Waals surface area contributed by atoms with Crippen molar-refractivity contribution in [2.24, 2.45) is 11.3 Å². The molecule has 2 amide bonds. The monoisotopic (exact) mass is 644 g/mol. The summed E-state index contributed by atoms with van der Waals surface area (Å²) in [4.78, 5) is 49.8. The molecule has 9 heteroatoms. The van der Waals surface area contributed by atoms with Gasteiger partial charge in [-0.3, -0.25) is 9.59 Å². The van der Waals surface area contributed by atoms with E-state index in [2.05, 4.69) is 10.6 Å². The molecule has 1 rings (SSSR count). The zero-order valence-corrected chi connectivity index (χ0v) is 29.0. The maximum Gasteiger partial charge on any atom is 0.407 e. The van der Waals surface area contributed by atoms with Crippen LogP contribution >= 0.6 is 11.6 Å². The van der Waals surface area contributed by atoms with E-state index < -0.39 is 23.7 Å². The van der Waals surface area contributed by atoms with Crippen molar-refractivity contribution in [3.8, 4) is 0 Å². The molecular weight excluding hydrogens is 592 g/mol. The van der Waals surface area contributed by atoms with E-state index in [1.807, 2.05) is 65.8 Å². The van der Waals surface area contributed by atoms with Crippen LogP contribution in [0.4, 0.5) is 4.79 Å². The van der Waals surface area contributed by atoms with Gasteiger partial charge in [-0.05, 0) is 32.6 Å². The quantitative estimate of drug-likeness (QED) is 0.0549. The number of ether oxygens (including phenoxy) is 2. The Balaban J connectivity index is 2.71. The molecule has 0 saturated carbocycles. The number of esters is 1. The summed E-state index contributed by atoms with van der Waals surface area (Å²) in [6, 6.07) is -0.695. The smallest absolute Gasteiger partial charge is 0.407 e. The lowest BCUT2D eigenvalue weighted by Gasteiger charge is -2.29. The molecule has 0 saturated heterocycles. The molecule has 0 aromatic rings. The van der Waals surface area contributed by atoms with Gasteiger partial charge in [0.05, 0.1) is 6.04 Å². The Labute approximate surface area is 275 Å². The van der Waals surface area contributed by atoms with E-state index >= 15 is 0 Å². The van der Waals surface area contributed by atoms with E-state index in [-0.39, 0.29) is 36.1 Å². The molecular formula is C36H53ClN2O6. The van der Waals surface area contributed by atoms with Crippen LogP contribution in [0.15, 0.2) is 70.9 Å². The van der Waals surface area contributed by atoms with Crippen molar-refractivity contribution in [1.29, 1.82) is 0 Å². The first-order valence-corrected chi connectivity index (χ1v) is 16.2. The number of ketones is 1. The molecule has 1 aliphatic rings. The third-order valence-electron chi connectivity index (χ3n) is 7.16. The molecule has 250 valence electrons. The Hall–Kier alpha value is -3.39. The molecule has 2 N–H and O–H groups in total. The average Bonchev–Trinajstić information content (AvgIpc) is 2.95. The Morgan fingerprint density at radius 3 is 2.44 bits per heavy atom. The number of unbranched alkanes of at least 4 members (excludes halogenated alkanes) is 1. The molecule has 0 spiro atoms. The molecule has 1 aliphatic heterocycles. The third-order valence-corrected chi connectivity index (χ3v) is 7.32. The van der Waals surface area contributed by atoms with Gasteiger partial charge in [0.15, 0.2) is 5.78 Å². The number of allylic oxidation sites excluding steroid dienone is 6. The summed E-state index contributed by atoms with van der Waals surface area (Å²) in [5.74, 6) is -0.717. The summed E-state index contributed by atoms with van der Waals surface area (Å²) in [5.41, 5.74) is 1.11. The number of Topliss-reactive ketones (excluding diaryl/α,β-unsaturated/α-hetero) is 1. The molecule has 0 radical (unpaired) electrons. The molecule has 0 fully saturated rings. The summed E-state index contributed by atoms with van der Waals surface area (Å²) in [6.45, 7) is 15.8. The minimum Gasteiger partial charge on any atom is -0.458 e. The van der Waals surface area contributed by atoms with E-state index in [9.17, 15) is 19.2 Å². The second-order valence-electron chi connectivity index (χ2n) is 12.6. The second kappa shape index (κ2) is 20.6. The SMILES string of the molecule is CCCCNC(=O)O[C@H](C/C=C\CC(=O)[C@@H](NC(=O)\C=C/C=C\C(C)=C\[C@H](C)[C@@H]1CC=C(C)C(=O)O1)C(C)(C)C)C/C=C(\C)Cl. The van der Waals surface area contributed by atoms with Crippen LogP contribution in [0.5, 0.6) is 0 Å². The largest absolute Gasteiger partial charge is 0.458 e. The van der Waals surface area contributed by atoms with Gasteiger partial charge in [-0.2, -0.15) is 0 Å². The molecule has 0 aromatic carbocycles. The minimum atomic E-state index is -0.695. The maximum absolute atomic E-state index is 13.1. The van der Waals surface area contributed by atoms with E-state index in [0.29, 0.717) is 36.4 Å². The number of hydrogen-bond donors (Lipinski definition) is 2. The van der Waals surface area contributed by atoms with E-state index in [1.54, 1.807) is 38.2 Å². The summed E-state index contributed by atoms with van der Waals surface area (Å²) in [6.07, 6.45) is 18.4. The van der Waals surface area contributed by atoms with Gasteiger partial charge in [0.25, 0.3) is 0 Å². The topological polar surface area (TPSA) is 111 Å². The summed E-state index contributed by atoms with van der Waals surface area (Å²) in [7, 11) is 0. The first kappa shape index (κ1) is 39.6. The van der Waals surface area contributed by atoms with Gasteiger partial charge in [0.1, 0.15) is 12.2 Å². The normalized spacial score (nSPS) is 18.5. The van der Waals surface area contributed by atoms with Gasteiger partial charge in [-0.15, -0.1) is 0 Å². The average molecular weight is 645 g/mol. The van der Waals surface area contributed by atoms with Gasteiger partial charge in [0, 0.05) is 54.8 Å². The Morgan fingerprint density at radius 1 is 1.13 bits per heavy atom. The number of nitrogens with one attached hydrogen (secondary N) is 2. The highest BCUT2D eigenvalue weighted by atomic mass is 35.5.